The van der Waals surface area contributed by atoms with Crippen molar-refractivity contribution in [2.75, 3.05) is 39.0 Å². The number of hydrogen-bond acceptors (Lipinski definition) is 3. The summed E-state index contributed by atoms with van der Waals surface area (Å²) in [5, 5.41) is 4.43. The number of thioether (sulfide) groups is 1. The minimum absolute atomic E-state index is 0.622. The first-order chi connectivity index (χ1) is 8.28. The molecular formula is C14H28N2S. The Morgan fingerprint density at radius 3 is 2.41 bits per heavy atom. The molecule has 2 heterocycles. The van der Waals surface area contributed by atoms with Crippen LogP contribution in [-0.2, 0) is 0 Å². The first-order valence-electron chi connectivity index (χ1n) is 7.24. The number of nitrogens with zero attached hydrogens (tertiary/aromatic N) is 1. The van der Waals surface area contributed by atoms with Crippen LogP contribution in [0.2, 0.25) is 0 Å². The van der Waals surface area contributed by atoms with Crippen LogP contribution in [0.3, 0.4) is 0 Å². The number of nitrogens with one attached hydrogen (secondary N) is 1. The highest BCUT2D eigenvalue weighted by Gasteiger charge is 2.33. The Hall–Kier alpha value is 0.270. The summed E-state index contributed by atoms with van der Waals surface area (Å²) in [7, 11) is 0. The van der Waals surface area contributed by atoms with Gasteiger partial charge in [0.25, 0.3) is 0 Å². The van der Waals surface area contributed by atoms with Crippen molar-refractivity contribution in [3.05, 3.63) is 0 Å². The van der Waals surface area contributed by atoms with Crippen molar-refractivity contribution >= 4 is 11.8 Å². The van der Waals surface area contributed by atoms with E-state index in [4.69, 9.17) is 0 Å². The molecule has 0 aromatic rings. The van der Waals surface area contributed by atoms with Crippen LogP contribution in [-0.4, -0.2) is 49.1 Å². The van der Waals surface area contributed by atoms with Crippen molar-refractivity contribution in [1.29, 1.82) is 0 Å². The molecule has 1 N–H and O–H groups in total. The van der Waals surface area contributed by atoms with Crippen LogP contribution in [0.25, 0.3) is 0 Å². The SMILES string of the molecule is CCC1(CN2CCC(SC)CC2)CCNCC1. The van der Waals surface area contributed by atoms with Gasteiger partial charge in [-0.3, -0.25) is 0 Å². The van der Waals surface area contributed by atoms with Gasteiger partial charge < -0.3 is 10.2 Å². The van der Waals surface area contributed by atoms with Crippen LogP contribution in [0.15, 0.2) is 0 Å². The van der Waals surface area contributed by atoms with Gasteiger partial charge in [-0.25, -0.2) is 0 Å². The van der Waals surface area contributed by atoms with Crippen LogP contribution in [0.1, 0.15) is 39.0 Å². The average Bonchev–Trinajstić information content (AvgIpc) is 2.41. The van der Waals surface area contributed by atoms with Crippen molar-refractivity contribution in [2.24, 2.45) is 5.41 Å². The van der Waals surface area contributed by atoms with Crippen LogP contribution in [0, 0.1) is 5.41 Å². The predicted molar refractivity (Wildman–Crippen MR) is 77.8 cm³/mol. The van der Waals surface area contributed by atoms with Gasteiger partial charge in [-0.1, -0.05) is 6.92 Å². The fourth-order valence-corrected chi connectivity index (χ4v) is 4.04. The molecule has 3 heteroatoms. The molecule has 0 aromatic heterocycles. The van der Waals surface area contributed by atoms with Gasteiger partial charge >= 0.3 is 0 Å². The number of rotatable bonds is 4. The van der Waals surface area contributed by atoms with Crippen LogP contribution >= 0.6 is 11.8 Å². The Kier molecular flexibility index (Phi) is 5.19. The third kappa shape index (κ3) is 3.62. The van der Waals surface area contributed by atoms with Gasteiger partial charge in [-0.2, -0.15) is 11.8 Å². The molecule has 2 saturated heterocycles. The Morgan fingerprint density at radius 2 is 1.88 bits per heavy atom. The van der Waals surface area contributed by atoms with Crippen LogP contribution < -0.4 is 5.32 Å². The van der Waals surface area contributed by atoms with E-state index in [9.17, 15) is 0 Å². The monoisotopic (exact) mass is 256 g/mol. The summed E-state index contributed by atoms with van der Waals surface area (Å²) in [6.07, 6.45) is 9.19. The summed E-state index contributed by atoms with van der Waals surface area (Å²) in [5.41, 5.74) is 0.622. The average molecular weight is 256 g/mol. The molecular weight excluding hydrogens is 228 g/mol. The standard InChI is InChI=1S/C14H28N2S/c1-3-14(6-8-15-9-7-14)12-16-10-4-13(17-2)5-11-16/h13,15H,3-12H2,1-2H3. The van der Waals surface area contributed by atoms with Crippen LogP contribution in [0.5, 0.6) is 0 Å². The van der Waals surface area contributed by atoms with E-state index in [0.29, 0.717) is 5.41 Å². The van der Waals surface area contributed by atoms with E-state index >= 15 is 0 Å². The maximum atomic E-state index is 3.51. The maximum absolute atomic E-state index is 3.51. The van der Waals surface area contributed by atoms with Crippen molar-refractivity contribution in [3.8, 4) is 0 Å². The van der Waals surface area contributed by atoms with E-state index in [1.807, 2.05) is 0 Å². The molecule has 17 heavy (non-hydrogen) atoms. The lowest BCUT2D eigenvalue weighted by molar-refractivity contribution is 0.0947. The highest BCUT2D eigenvalue weighted by Crippen LogP contribution is 2.34. The van der Waals surface area contributed by atoms with Gasteiger partial charge in [-0.15, -0.1) is 0 Å². The predicted octanol–water partition coefficient (Wildman–Crippen LogP) is 2.59. The molecule has 100 valence electrons. The molecule has 0 bridgehead atoms. The largest absolute Gasteiger partial charge is 0.317 e. The van der Waals surface area contributed by atoms with Crippen LogP contribution in [0.4, 0.5) is 0 Å². The molecule has 0 aromatic carbocycles. The van der Waals surface area contributed by atoms with E-state index < -0.39 is 0 Å². The Bertz CT molecular complexity index is 218. The zero-order valence-electron chi connectivity index (χ0n) is 11.5. The van der Waals surface area contributed by atoms with E-state index in [1.54, 1.807) is 0 Å². The first kappa shape index (κ1) is 13.7. The van der Waals surface area contributed by atoms with E-state index in [-0.39, 0.29) is 0 Å². The lowest BCUT2D eigenvalue weighted by Crippen LogP contribution is -2.47. The summed E-state index contributed by atoms with van der Waals surface area (Å²) in [6, 6.07) is 0. The minimum Gasteiger partial charge on any atom is -0.317 e. The number of likely N-dealkylation sites (tertiary alicyclic amines) is 1. The molecule has 2 aliphatic heterocycles. The van der Waals surface area contributed by atoms with Gasteiger partial charge in [0.1, 0.15) is 0 Å². The minimum atomic E-state index is 0.622. The topological polar surface area (TPSA) is 15.3 Å². The van der Waals surface area contributed by atoms with Crippen molar-refractivity contribution < 1.29 is 0 Å². The quantitative estimate of drug-likeness (QED) is 0.832. The fourth-order valence-electron chi connectivity index (χ4n) is 3.36. The Balaban J connectivity index is 1.82. The third-order valence-corrected chi connectivity index (χ3v) is 5.98. The number of piperidine rings is 2. The zero-order valence-corrected chi connectivity index (χ0v) is 12.3. The van der Waals surface area contributed by atoms with Gasteiger partial charge in [-0.05, 0) is 70.0 Å². The van der Waals surface area contributed by atoms with Gasteiger partial charge in [0, 0.05) is 11.8 Å². The van der Waals surface area contributed by atoms with Gasteiger partial charge in [0.05, 0.1) is 0 Å². The molecule has 2 fully saturated rings. The molecule has 2 nitrogen and oxygen atoms in total. The van der Waals surface area contributed by atoms with Gasteiger partial charge in [0.15, 0.2) is 0 Å². The second kappa shape index (κ2) is 6.44. The highest BCUT2D eigenvalue weighted by molar-refractivity contribution is 7.99. The lowest BCUT2D eigenvalue weighted by atomic mass is 9.76. The number of hydrogen-bond donors (Lipinski definition) is 1. The van der Waals surface area contributed by atoms with Crippen molar-refractivity contribution in [3.63, 3.8) is 0 Å². The fraction of sp³-hybridized carbons (Fsp3) is 1.00. The molecule has 0 unspecified atom stereocenters. The summed E-state index contributed by atoms with van der Waals surface area (Å²) in [6.45, 7) is 8.87. The molecule has 0 radical (unpaired) electrons. The van der Waals surface area contributed by atoms with E-state index in [0.717, 1.165) is 5.25 Å². The summed E-state index contributed by atoms with van der Waals surface area (Å²) < 4.78 is 0. The molecule has 0 amide bonds. The lowest BCUT2D eigenvalue weighted by Gasteiger charge is -2.43. The Morgan fingerprint density at radius 1 is 1.24 bits per heavy atom. The first-order valence-corrected chi connectivity index (χ1v) is 8.53. The van der Waals surface area contributed by atoms with Crippen molar-refractivity contribution in [1.82, 2.24) is 10.2 Å². The maximum Gasteiger partial charge on any atom is 0.00685 e. The highest BCUT2D eigenvalue weighted by atomic mass is 32.2. The summed E-state index contributed by atoms with van der Waals surface area (Å²) >= 11 is 2.06. The second-order valence-corrected chi connectivity index (χ2v) is 6.95. The zero-order chi connectivity index (χ0) is 12.1. The van der Waals surface area contributed by atoms with Crippen molar-refractivity contribution in [2.45, 2.75) is 44.3 Å². The molecule has 2 aliphatic rings. The molecule has 0 saturated carbocycles. The third-order valence-electron chi connectivity index (χ3n) is 4.84. The van der Waals surface area contributed by atoms with E-state index in [1.165, 1.54) is 64.8 Å². The van der Waals surface area contributed by atoms with Gasteiger partial charge in [0.2, 0.25) is 0 Å². The van der Waals surface area contributed by atoms with E-state index in [2.05, 4.69) is 35.2 Å². The molecule has 0 aliphatic carbocycles. The Labute approximate surface area is 111 Å². The molecule has 0 atom stereocenters. The molecule has 2 rings (SSSR count). The summed E-state index contributed by atoms with van der Waals surface area (Å²) in [5.74, 6) is 0. The normalized spacial score (nSPS) is 27.2. The smallest absolute Gasteiger partial charge is 0.00685 e. The summed E-state index contributed by atoms with van der Waals surface area (Å²) in [4.78, 5) is 2.74. The second-order valence-electron chi connectivity index (χ2n) is 5.81. The molecule has 0 spiro atoms.